The Labute approximate surface area is 74.9 Å². The van der Waals surface area contributed by atoms with Crippen LogP contribution in [0.3, 0.4) is 0 Å². The third kappa shape index (κ3) is 2.26. The molecule has 66 valence electrons. The van der Waals surface area contributed by atoms with Crippen LogP contribution >= 0.6 is 0 Å². The molecular weight excluding hydrogens is 188 g/mol. The summed E-state index contributed by atoms with van der Waals surface area (Å²) in [6.45, 7) is 1.87. The molecule has 12 heavy (non-hydrogen) atoms. The van der Waals surface area contributed by atoms with Crippen molar-refractivity contribution in [2.24, 2.45) is 0 Å². The van der Waals surface area contributed by atoms with E-state index in [2.05, 4.69) is 0 Å². The van der Waals surface area contributed by atoms with E-state index < -0.39 is 18.6 Å². The van der Waals surface area contributed by atoms with Crippen LogP contribution in [0.5, 0.6) is 0 Å². The lowest BCUT2D eigenvalue weighted by Crippen LogP contribution is -2.52. The summed E-state index contributed by atoms with van der Waals surface area (Å²) in [6, 6.07) is 8.72. The lowest BCUT2D eigenvalue weighted by molar-refractivity contribution is 0.267. The van der Waals surface area contributed by atoms with Crippen LogP contribution in [0.1, 0.15) is 0 Å². The Morgan fingerprint density at radius 1 is 1.25 bits per heavy atom. The van der Waals surface area contributed by atoms with Crippen molar-refractivity contribution in [3.05, 3.63) is 30.3 Å². The highest BCUT2D eigenvalue weighted by Gasteiger charge is 2.33. The molecule has 0 aliphatic carbocycles. The topological polar surface area (TPSA) is 49.7 Å². The Morgan fingerprint density at radius 2 is 1.83 bits per heavy atom. The fraction of sp³-hybridized carbons (Fsp3) is 0.143. The first-order chi connectivity index (χ1) is 5.67. The van der Waals surface area contributed by atoms with Gasteiger partial charge in [0.15, 0.2) is 0 Å². The van der Waals surface area contributed by atoms with E-state index in [0.717, 1.165) is 0 Å². The molecule has 0 aliphatic rings. The highest BCUT2D eigenvalue weighted by atomic mass is 28.4. The third-order valence-corrected chi connectivity index (χ3v) is 5.35. The van der Waals surface area contributed by atoms with Crippen LogP contribution in [-0.2, 0) is 4.12 Å². The quantitative estimate of drug-likeness (QED) is 0.613. The summed E-state index contributed by atoms with van der Waals surface area (Å²) >= 11 is 0. The van der Waals surface area contributed by atoms with Gasteiger partial charge in [0.05, 0.1) is 0 Å². The van der Waals surface area contributed by atoms with Gasteiger partial charge in [-0.25, -0.2) is 0 Å². The van der Waals surface area contributed by atoms with Crippen molar-refractivity contribution in [2.75, 3.05) is 0 Å². The van der Waals surface area contributed by atoms with Gasteiger partial charge in [-0.2, -0.15) is 0 Å². The van der Waals surface area contributed by atoms with E-state index in [1.165, 1.54) is 0 Å². The van der Waals surface area contributed by atoms with Crippen LogP contribution in [0.15, 0.2) is 30.3 Å². The molecule has 0 aromatic heterocycles. The smallest absolute Gasteiger partial charge is 0.418 e. The first-order valence-corrected chi connectivity index (χ1v) is 7.60. The van der Waals surface area contributed by atoms with E-state index in [1.807, 2.05) is 12.6 Å². The lowest BCUT2D eigenvalue weighted by Gasteiger charge is -2.16. The van der Waals surface area contributed by atoms with Crippen LogP contribution in [0.2, 0.25) is 6.55 Å². The molecule has 0 aliphatic heterocycles. The van der Waals surface area contributed by atoms with Gasteiger partial charge in [-0.05, 0) is 0 Å². The molecule has 0 saturated heterocycles. The van der Waals surface area contributed by atoms with E-state index in [9.17, 15) is 9.59 Å². The molecule has 0 saturated carbocycles. The van der Waals surface area contributed by atoms with E-state index in [4.69, 9.17) is 4.12 Å². The summed E-state index contributed by atoms with van der Waals surface area (Å²) in [5.41, 5.74) is 0. The number of hydrogen-bond donors (Lipinski definition) is 2. The summed E-state index contributed by atoms with van der Waals surface area (Å²) < 4.78 is 5.00. The molecule has 5 heteroatoms. The van der Waals surface area contributed by atoms with E-state index >= 15 is 0 Å². The van der Waals surface area contributed by atoms with Gasteiger partial charge in [0.1, 0.15) is 9.76 Å². The molecule has 2 N–H and O–H groups in total. The molecular formula is C7H12O3Si2. The summed E-state index contributed by atoms with van der Waals surface area (Å²) in [7, 11) is -4.29. The first kappa shape index (κ1) is 9.62. The zero-order valence-corrected chi connectivity index (χ0v) is 9.31. The molecule has 0 spiro atoms. The van der Waals surface area contributed by atoms with Crippen molar-refractivity contribution in [2.45, 2.75) is 6.55 Å². The van der Waals surface area contributed by atoms with Crippen molar-refractivity contribution >= 4 is 23.8 Å². The molecule has 0 amide bonds. The molecule has 0 atom stereocenters. The van der Waals surface area contributed by atoms with Crippen LogP contribution in [0.25, 0.3) is 0 Å². The molecule has 0 bridgehead atoms. The highest BCUT2D eigenvalue weighted by Crippen LogP contribution is 1.96. The Bertz CT molecular complexity index is 238. The number of hydrogen-bond acceptors (Lipinski definition) is 3. The maximum Gasteiger partial charge on any atom is 0.520 e. The van der Waals surface area contributed by atoms with Gasteiger partial charge in [0, 0.05) is 5.19 Å². The molecule has 0 unspecified atom stereocenters. The van der Waals surface area contributed by atoms with Gasteiger partial charge < -0.3 is 13.7 Å². The van der Waals surface area contributed by atoms with Crippen molar-refractivity contribution in [1.29, 1.82) is 0 Å². The predicted octanol–water partition coefficient (Wildman–Crippen LogP) is -1.03. The molecule has 1 aromatic carbocycles. The van der Waals surface area contributed by atoms with Gasteiger partial charge in [-0.1, -0.05) is 36.9 Å². The lowest BCUT2D eigenvalue weighted by atomic mass is 10.4. The Morgan fingerprint density at radius 3 is 2.33 bits per heavy atom. The maximum absolute atomic E-state index is 9.49. The SMILES string of the molecule is C[SiH2]O[Si](O)(O)c1ccccc1. The molecule has 1 rings (SSSR count). The Balaban J connectivity index is 2.82. The van der Waals surface area contributed by atoms with Crippen LogP contribution in [-0.4, -0.2) is 28.2 Å². The fourth-order valence-corrected chi connectivity index (χ4v) is 3.84. The maximum atomic E-state index is 9.49. The average molecular weight is 200 g/mol. The summed E-state index contributed by atoms with van der Waals surface area (Å²) in [4.78, 5) is 19.0. The van der Waals surface area contributed by atoms with Gasteiger partial charge in [0.25, 0.3) is 0 Å². The predicted molar refractivity (Wildman–Crippen MR) is 51.8 cm³/mol. The largest absolute Gasteiger partial charge is 0.520 e. The second kappa shape index (κ2) is 3.97. The Hall–Kier alpha value is -0.466. The number of benzene rings is 1. The molecule has 0 heterocycles. The van der Waals surface area contributed by atoms with E-state index in [-0.39, 0.29) is 0 Å². The second-order valence-corrected chi connectivity index (χ2v) is 5.93. The summed E-state index contributed by atoms with van der Waals surface area (Å²) in [6.07, 6.45) is 0. The van der Waals surface area contributed by atoms with Gasteiger partial charge in [-0.3, -0.25) is 0 Å². The minimum atomic E-state index is -3.52. The molecule has 0 fully saturated rings. The van der Waals surface area contributed by atoms with Gasteiger partial charge >= 0.3 is 8.80 Å². The Kier molecular flexibility index (Phi) is 3.18. The monoisotopic (exact) mass is 200 g/mol. The molecule has 1 aromatic rings. The van der Waals surface area contributed by atoms with Crippen LogP contribution < -0.4 is 5.19 Å². The van der Waals surface area contributed by atoms with Crippen LogP contribution in [0, 0.1) is 0 Å². The standard InChI is InChI=1S/C7H12O3Si2/c1-11-10-12(8,9)7-5-3-2-4-6-7/h2-6,8-9H,11H2,1H3. The second-order valence-electron chi connectivity index (χ2n) is 2.41. The number of rotatable bonds is 3. The zero-order valence-electron chi connectivity index (χ0n) is 6.90. The fourth-order valence-electron chi connectivity index (χ4n) is 0.940. The highest BCUT2D eigenvalue weighted by molar-refractivity contribution is 6.76. The summed E-state index contributed by atoms with van der Waals surface area (Å²) in [5.74, 6) is 0. The minimum Gasteiger partial charge on any atom is -0.418 e. The molecule has 3 nitrogen and oxygen atoms in total. The van der Waals surface area contributed by atoms with E-state index in [1.54, 1.807) is 24.3 Å². The van der Waals surface area contributed by atoms with Crippen molar-refractivity contribution < 1.29 is 13.7 Å². The van der Waals surface area contributed by atoms with Crippen LogP contribution in [0.4, 0.5) is 0 Å². The van der Waals surface area contributed by atoms with Crippen molar-refractivity contribution in [1.82, 2.24) is 0 Å². The zero-order chi connectivity index (χ0) is 9.03. The van der Waals surface area contributed by atoms with Crippen molar-refractivity contribution in [3.63, 3.8) is 0 Å². The minimum absolute atomic E-state index is 0.513. The van der Waals surface area contributed by atoms with Crippen molar-refractivity contribution in [3.8, 4) is 0 Å². The summed E-state index contributed by atoms with van der Waals surface area (Å²) in [5, 5.41) is 0.513. The average Bonchev–Trinajstić information content (AvgIpc) is 2.06. The first-order valence-electron chi connectivity index (χ1n) is 3.81. The van der Waals surface area contributed by atoms with E-state index in [0.29, 0.717) is 5.19 Å². The third-order valence-electron chi connectivity index (χ3n) is 1.50. The van der Waals surface area contributed by atoms with Gasteiger partial charge in [-0.15, -0.1) is 0 Å². The normalized spacial score (nSPS) is 12.6. The molecule has 0 radical (unpaired) electrons. The van der Waals surface area contributed by atoms with Gasteiger partial charge in [0.2, 0.25) is 0 Å².